The topological polar surface area (TPSA) is 41.1 Å². The van der Waals surface area contributed by atoms with Crippen LogP contribution < -0.4 is 10.2 Å². The number of aromatic nitrogens is 2. The second-order valence-corrected chi connectivity index (χ2v) is 6.96. The van der Waals surface area contributed by atoms with Gasteiger partial charge in [-0.05, 0) is 49.1 Å². The molecule has 0 radical (unpaired) electrons. The normalized spacial score (nSPS) is 13.4. The van der Waals surface area contributed by atoms with Crippen LogP contribution in [0.2, 0.25) is 5.02 Å². The number of aryl methyl sites for hydroxylation is 2. The Morgan fingerprint density at radius 2 is 1.88 bits per heavy atom. The van der Waals surface area contributed by atoms with Crippen LogP contribution in [-0.4, -0.2) is 16.5 Å². The molecule has 0 amide bonds. The van der Waals surface area contributed by atoms with Crippen molar-refractivity contribution in [3.05, 3.63) is 76.6 Å². The van der Waals surface area contributed by atoms with E-state index >= 15 is 0 Å². The summed E-state index contributed by atoms with van der Waals surface area (Å²) in [7, 11) is 0. The van der Waals surface area contributed by atoms with Gasteiger partial charge in [-0.1, -0.05) is 41.9 Å². The predicted molar refractivity (Wildman–Crippen MR) is 107 cm³/mol. The van der Waals surface area contributed by atoms with E-state index in [2.05, 4.69) is 44.5 Å². The number of anilines is 3. The second-order valence-electron chi connectivity index (χ2n) is 6.52. The third-order valence-electron chi connectivity index (χ3n) is 4.60. The molecule has 3 aromatic rings. The Balaban J connectivity index is 1.58. The summed E-state index contributed by atoms with van der Waals surface area (Å²) in [5, 5.41) is 4.15. The molecule has 1 aliphatic rings. The molecule has 0 saturated carbocycles. The van der Waals surface area contributed by atoms with Crippen LogP contribution >= 0.6 is 11.6 Å². The van der Waals surface area contributed by atoms with Crippen molar-refractivity contribution < 1.29 is 0 Å². The average molecular weight is 365 g/mol. The van der Waals surface area contributed by atoms with Crippen LogP contribution in [0.1, 0.15) is 23.4 Å². The van der Waals surface area contributed by atoms with Gasteiger partial charge in [0.15, 0.2) is 0 Å². The first-order chi connectivity index (χ1) is 12.7. The molecule has 0 unspecified atom stereocenters. The van der Waals surface area contributed by atoms with Crippen molar-refractivity contribution in [3.63, 3.8) is 0 Å². The monoisotopic (exact) mass is 364 g/mol. The van der Waals surface area contributed by atoms with Gasteiger partial charge in [0.2, 0.25) is 0 Å². The maximum absolute atomic E-state index is 5.95. The zero-order valence-electron chi connectivity index (χ0n) is 14.7. The Bertz CT molecular complexity index is 908. The Labute approximate surface area is 158 Å². The minimum Gasteiger partial charge on any atom is -0.366 e. The molecule has 0 aliphatic carbocycles. The van der Waals surface area contributed by atoms with E-state index in [0.717, 1.165) is 47.4 Å². The molecule has 4 rings (SSSR count). The molecule has 4 nitrogen and oxygen atoms in total. The van der Waals surface area contributed by atoms with Gasteiger partial charge >= 0.3 is 0 Å². The third kappa shape index (κ3) is 3.65. The number of fused-ring (bicyclic) bond motifs is 1. The van der Waals surface area contributed by atoms with Crippen molar-refractivity contribution in [2.75, 3.05) is 16.8 Å². The summed E-state index contributed by atoms with van der Waals surface area (Å²) >= 11 is 5.95. The number of hydrogen-bond donors (Lipinski definition) is 1. The summed E-state index contributed by atoms with van der Waals surface area (Å²) < 4.78 is 0. The van der Waals surface area contributed by atoms with E-state index in [0.29, 0.717) is 6.54 Å². The highest BCUT2D eigenvalue weighted by Gasteiger charge is 2.19. The number of rotatable bonds is 4. The standard InChI is InChI=1S/C21H21ClN4/c1-15-24-20(23-14-16-8-10-18(22)11-9-16)13-21(25-15)26-12-4-6-17-5-2-3-7-19(17)26/h2-3,5,7-11,13H,4,6,12,14H2,1H3,(H,23,24,25). The molecule has 0 bridgehead atoms. The molecule has 1 aliphatic heterocycles. The van der Waals surface area contributed by atoms with E-state index in [1.54, 1.807) is 0 Å². The highest BCUT2D eigenvalue weighted by molar-refractivity contribution is 6.30. The van der Waals surface area contributed by atoms with Gasteiger partial charge in [0, 0.05) is 29.9 Å². The quantitative estimate of drug-likeness (QED) is 0.696. The van der Waals surface area contributed by atoms with Gasteiger partial charge in [-0.25, -0.2) is 9.97 Å². The van der Waals surface area contributed by atoms with Crippen LogP contribution in [0, 0.1) is 6.92 Å². The smallest absolute Gasteiger partial charge is 0.138 e. The maximum Gasteiger partial charge on any atom is 0.138 e. The predicted octanol–water partition coefficient (Wildman–Crippen LogP) is 5.13. The first-order valence-electron chi connectivity index (χ1n) is 8.88. The van der Waals surface area contributed by atoms with E-state index in [-0.39, 0.29) is 0 Å². The molecule has 0 fully saturated rings. The van der Waals surface area contributed by atoms with Gasteiger partial charge in [0.25, 0.3) is 0 Å². The van der Waals surface area contributed by atoms with Gasteiger partial charge in [-0.15, -0.1) is 0 Å². The lowest BCUT2D eigenvalue weighted by molar-refractivity contribution is 0.756. The van der Waals surface area contributed by atoms with Crippen molar-refractivity contribution in [1.82, 2.24) is 9.97 Å². The van der Waals surface area contributed by atoms with Crippen molar-refractivity contribution in [2.45, 2.75) is 26.3 Å². The van der Waals surface area contributed by atoms with Crippen LogP contribution in [0.5, 0.6) is 0 Å². The zero-order chi connectivity index (χ0) is 17.9. The van der Waals surface area contributed by atoms with Crippen LogP contribution in [0.3, 0.4) is 0 Å². The van der Waals surface area contributed by atoms with Crippen molar-refractivity contribution in [2.24, 2.45) is 0 Å². The lowest BCUT2D eigenvalue weighted by Crippen LogP contribution is -2.25. The number of benzene rings is 2. The fourth-order valence-corrected chi connectivity index (χ4v) is 3.47. The Kier molecular flexibility index (Phi) is 4.76. The largest absolute Gasteiger partial charge is 0.366 e. The van der Waals surface area contributed by atoms with E-state index < -0.39 is 0 Å². The number of para-hydroxylation sites is 1. The van der Waals surface area contributed by atoms with Gasteiger partial charge in [0.05, 0.1) is 0 Å². The second kappa shape index (κ2) is 7.34. The highest BCUT2D eigenvalue weighted by atomic mass is 35.5. The summed E-state index contributed by atoms with van der Waals surface area (Å²) in [6, 6.07) is 18.4. The lowest BCUT2D eigenvalue weighted by atomic mass is 10.0. The Hall–Kier alpha value is -2.59. The molecule has 0 saturated heterocycles. The van der Waals surface area contributed by atoms with E-state index in [9.17, 15) is 0 Å². The number of halogens is 1. The highest BCUT2D eigenvalue weighted by Crippen LogP contribution is 2.33. The number of nitrogens with one attached hydrogen (secondary N) is 1. The average Bonchev–Trinajstić information content (AvgIpc) is 2.67. The summed E-state index contributed by atoms with van der Waals surface area (Å²) in [6.45, 7) is 3.61. The summed E-state index contributed by atoms with van der Waals surface area (Å²) in [6.07, 6.45) is 2.26. The minimum atomic E-state index is 0.698. The van der Waals surface area contributed by atoms with Gasteiger partial charge in [-0.3, -0.25) is 0 Å². The minimum absolute atomic E-state index is 0.698. The molecule has 0 atom stereocenters. The van der Waals surface area contributed by atoms with Gasteiger partial charge in [0.1, 0.15) is 17.5 Å². The van der Waals surface area contributed by atoms with Gasteiger partial charge in [-0.2, -0.15) is 0 Å². The molecule has 132 valence electrons. The molecular weight excluding hydrogens is 344 g/mol. The summed E-state index contributed by atoms with van der Waals surface area (Å²) in [5.74, 6) is 2.55. The van der Waals surface area contributed by atoms with Crippen molar-refractivity contribution in [3.8, 4) is 0 Å². The fraction of sp³-hybridized carbons (Fsp3) is 0.238. The van der Waals surface area contributed by atoms with E-state index in [1.165, 1.54) is 11.3 Å². The summed E-state index contributed by atoms with van der Waals surface area (Å²) in [5.41, 5.74) is 3.79. The lowest BCUT2D eigenvalue weighted by Gasteiger charge is -2.30. The van der Waals surface area contributed by atoms with Crippen molar-refractivity contribution in [1.29, 1.82) is 0 Å². The van der Waals surface area contributed by atoms with Crippen LogP contribution in [-0.2, 0) is 13.0 Å². The first-order valence-corrected chi connectivity index (χ1v) is 9.26. The molecule has 5 heteroatoms. The SMILES string of the molecule is Cc1nc(NCc2ccc(Cl)cc2)cc(N2CCCc3ccccc32)n1. The molecule has 1 aromatic heterocycles. The number of hydrogen-bond acceptors (Lipinski definition) is 4. The van der Waals surface area contributed by atoms with Crippen LogP contribution in [0.4, 0.5) is 17.3 Å². The van der Waals surface area contributed by atoms with E-state index in [4.69, 9.17) is 11.6 Å². The van der Waals surface area contributed by atoms with Crippen LogP contribution in [0.15, 0.2) is 54.6 Å². The maximum atomic E-state index is 5.95. The zero-order valence-corrected chi connectivity index (χ0v) is 15.5. The fourth-order valence-electron chi connectivity index (χ4n) is 3.35. The first kappa shape index (κ1) is 16.9. The molecular formula is C21H21ClN4. The van der Waals surface area contributed by atoms with E-state index in [1.807, 2.05) is 37.3 Å². The molecule has 0 spiro atoms. The molecule has 2 heterocycles. The summed E-state index contributed by atoms with van der Waals surface area (Å²) in [4.78, 5) is 11.5. The van der Waals surface area contributed by atoms with Crippen LogP contribution in [0.25, 0.3) is 0 Å². The molecule has 1 N–H and O–H groups in total. The Morgan fingerprint density at radius 1 is 1.08 bits per heavy atom. The van der Waals surface area contributed by atoms with Crippen molar-refractivity contribution >= 4 is 28.9 Å². The molecule has 26 heavy (non-hydrogen) atoms. The molecule has 2 aromatic carbocycles. The van der Waals surface area contributed by atoms with Gasteiger partial charge < -0.3 is 10.2 Å². The number of nitrogens with zero attached hydrogens (tertiary/aromatic N) is 3. The third-order valence-corrected chi connectivity index (χ3v) is 4.85. The Morgan fingerprint density at radius 3 is 2.73 bits per heavy atom.